The van der Waals surface area contributed by atoms with Gasteiger partial charge < -0.3 is 14.7 Å². The van der Waals surface area contributed by atoms with E-state index >= 15 is 0 Å². The molecule has 0 aliphatic carbocycles. The summed E-state index contributed by atoms with van der Waals surface area (Å²) in [5.74, 6) is 0. The second-order valence-corrected chi connectivity index (χ2v) is 4.99. The molecule has 0 amide bonds. The molecule has 0 aromatic carbocycles. The van der Waals surface area contributed by atoms with Gasteiger partial charge in [0.25, 0.3) is 0 Å². The molecule has 84 valence electrons. The molecule has 0 spiro atoms. The lowest BCUT2D eigenvalue weighted by Gasteiger charge is -2.35. The Morgan fingerprint density at radius 2 is 1.86 bits per heavy atom. The van der Waals surface area contributed by atoms with Crippen LogP contribution in [0.2, 0.25) is 0 Å². The van der Waals surface area contributed by atoms with E-state index in [0.717, 1.165) is 32.5 Å². The van der Waals surface area contributed by atoms with E-state index in [-0.39, 0.29) is 12.2 Å². The van der Waals surface area contributed by atoms with Crippen molar-refractivity contribution in [3.05, 3.63) is 0 Å². The molecule has 0 aromatic rings. The Morgan fingerprint density at radius 3 is 2.29 bits per heavy atom. The van der Waals surface area contributed by atoms with Gasteiger partial charge in [0.2, 0.25) is 0 Å². The molecular weight excluding hydrogens is 178 g/mol. The second kappa shape index (κ2) is 5.10. The highest BCUT2D eigenvalue weighted by Gasteiger charge is 2.23. The molecule has 1 saturated heterocycles. The Morgan fingerprint density at radius 1 is 1.29 bits per heavy atom. The fourth-order valence-electron chi connectivity index (χ4n) is 1.89. The number of hydrogen-bond acceptors (Lipinski definition) is 3. The fraction of sp³-hybridized carbons (Fsp3) is 1.00. The highest BCUT2D eigenvalue weighted by molar-refractivity contribution is 4.75. The predicted molar refractivity (Wildman–Crippen MR) is 57.4 cm³/mol. The quantitative estimate of drug-likeness (QED) is 0.746. The molecule has 1 aliphatic rings. The van der Waals surface area contributed by atoms with Crippen LogP contribution in [0.25, 0.3) is 0 Å². The number of ether oxygens (including phenoxy) is 1. The van der Waals surface area contributed by atoms with Gasteiger partial charge in [-0.1, -0.05) is 0 Å². The second-order valence-electron chi connectivity index (χ2n) is 4.99. The van der Waals surface area contributed by atoms with E-state index in [4.69, 9.17) is 9.84 Å². The fourth-order valence-corrected chi connectivity index (χ4v) is 1.89. The minimum absolute atomic E-state index is 0.0240. The van der Waals surface area contributed by atoms with Crippen molar-refractivity contribution in [2.75, 3.05) is 26.2 Å². The van der Waals surface area contributed by atoms with Gasteiger partial charge in [0.1, 0.15) is 0 Å². The van der Waals surface area contributed by atoms with Gasteiger partial charge in [-0.15, -0.1) is 0 Å². The van der Waals surface area contributed by atoms with Gasteiger partial charge >= 0.3 is 0 Å². The summed E-state index contributed by atoms with van der Waals surface area (Å²) in [5, 5.41) is 8.80. The highest BCUT2D eigenvalue weighted by Crippen LogP contribution is 2.19. The number of aliphatic hydroxyl groups excluding tert-OH is 1. The van der Waals surface area contributed by atoms with Crippen LogP contribution in [0.5, 0.6) is 0 Å². The summed E-state index contributed by atoms with van der Waals surface area (Å²) >= 11 is 0. The molecule has 0 unspecified atom stereocenters. The number of likely N-dealkylation sites (tertiary alicyclic amines) is 1. The lowest BCUT2D eigenvalue weighted by atomic mass is 10.1. The third kappa shape index (κ3) is 4.40. The Kier molecular flexibility index (Phi) is 4.35. The molecule has 0 atom stereocenters. The van der Waals surface area contributed by atoms with Crippen molar-refractivity contribution in [3.8, 4) is 0 Å². The van der Waals surface area contributed by atoms with Crippen molar-refractivity contribution in [2.24, 2.45) is 0 Å². The third-order valence-corrected chi connectivity index (χ3v) is 2.47. The smallest absolute Gasteiger partial charge is 0.0606 e. The molecule has 14 heavy (non-hydrogen) atoms. The molecule has 0 aromatic heterocycles. The zero-order valence-electron chi connectivity index (χ0n) is 9.62. The molecule has 1 aliphatic heterocycles. The first kappa shape index (κ1) is 12.0. The van der Waals surface area contributed by atoms with Crippen LogP contribution in [0, 0.1) is 0 Å². The normalized spacial score (nSPS) is 21.4. The van der Waals surface area contributed by atoms with Crippen molar-refractivity contribution in [2.45, 2.75) is 45.3 Å². The molecule has 1 N–H and O–H groups in total. The van der Waals surface area contributed by atoms with E-state index in [0.29, 0.717) is 6.10 Å². The van der Waals surface area contributed by atoms with Gasteiger partial charge in [0.15, 0.2) is 0 Å². The summed E-state index contributed by atoms with van der Waals surface area (Å²) in [6, 6.07) is 0. The Bertz CT molecular complexity index is 157. The summed E-state index contributed by atoms with van der Waals surface area (Å²) in [7, 11) is 0. The Labute approximate surface area is 87.1 Å². The van der Waals surface area contributed by atoms with Gasteiger partial charge in [-0.2, -0.15) is 0 Å². The van der Waals surface area contributed by atoms with Crippen LogP contribution in [0.3, 0.4) is 0 Å². The van der Waals surface area contributed by atoms with E-state index in [2.05, 4.69) is 25.7 Å². The zero-order valence-corrected chi connectivity index (χ0v) is 9.62. The van der Waals surface area contributed by atoms with Crippen molar-refractivity contribution in [3.63, 3.8) is 0 Å². The lowest BCUT2D eigenvalue weighted by Crippen LogP contribution is -2.40. The van der Waals surface area contributed by atoms with Gasteiger partial charge in [-0.3, -0.25) is 0 Å². The van der Waals surface area contributed by atoms with Crippen molar-refractivity contribution in [1.29, 1.82) is 0 Å². The molecule has 1 fully saturated rings. The average Bonchev–Trinajstić information content (AvgIpc) is 2.06. The summed E-state index contributed by atoms with van der Waals surface area (Å²) in [4.78, 5) is 2.29. The molecule has 0 radical (unpaired) electrons. The van der Waals surface area contributed by atoms with E-state index in [1.54, 1.807) is 0 Å². The zero-order chi connectivity index (χ0) is 10.6. The van der Waals surface area contributed by atoms with Crippen LogP contribution < -0.4 is 0 Å². The molecule has 3 heteroatoms. The number of piperidine rings is 1. The summed E-state index contributed by atoms with van der Waals surface area (Å²) < 4.78 is 5.92. The minimum Gasteiger partial charge on any atom is -0.395 e. The van der Waals surface area contributed by atoms with E-state index in [9.17, 15) is 0 Å². The number of nitrogens with zero attached hydrogens (tertiary/aromatic N) is 1. The monoisotopic (exact) mass is 201 g/mol. The Balaban J connectivity index is 2.22. The maximum atomic E-state index is 8.80. The predicted octanol–water partition coefficient (Wildman–Crippen LogP) is 1.26. The first-order valence-corrected chi connectivity index (χ1v) is 5.52. The van der Waals surface area contributed by atoms with E-state index in [1.807, 2.05) is 0 Å². The molecule has 3 nitrogen and oxygen atoms in total. The molecular formula is C11H23NO2. The van der Waals surface area contributed by atoms with Crippen molar-refractivity contribution in [1.82, 2.24) is 4.90 Å². The summed E-state index contributed by atoms with van der Waals surface area (Å²) in [6.45, 7) is 9.50. The molecule has 0 saturated carbocycles. The largest absolute Gasteiger partial charge is 0.395 e. The van der Waals surface area contributed by atoms with Gasteiger partial charge in [0.05, 0.1) is 18.3 Å². The number of hydrogen-bond donors (Lipinski definition) is 1. The molecule has 0 bridgehead atoms. The maximum absolute atomic E-state index is 8.80. The molecule has 1 rings (SSSR count). The third-order valence-electron chi connectivity index (χ3n) is 2.47. The van der Waals surface area contributed by atoms with Crippen LogP contribution in [0.4, 0.5) is 0 Å². The number of aliphatic hydroxyl groups is 1. The first-order chi connectivity index (χ1) is 6.51. The summed E-state index contributed by atoms with van der Waals surface area (Å²) in [5.41, 5.74) is -0.0240. The van der Waals surface area contributed by atoms with Gasteiger partial charge in [-0.05, 0) is 33.6 Å². The summed E-state index contributed by atoms with van der Waals surface area (Å²) in [6.07, 6.45) is 2.60. The average molecular weight is 201 g/mol. The standard InChI is InChI=1S/C11H23NO2/c1-11(2,3)14-10-4-6-12(7-5-10)8-9-13/h10,13H,4-9H2,1-3H3. The van der Waals surface area contributed by atoms with Crippen LogP contribution >= 0.6 is 0 Å². The minimum atomic E-state index is -0.0240. The van der Waals surface area contributed by atoms with Gasteiger partial charge in [-0.25, -0.2) is 0 Å². The van der Waals surface area contributed by atoms with E-state index < -0.39 is 0 Å². The van der Waals surface area contributed by atoms with E-state index in [1.165, 1.54) is 0 Å². The molecule has 1 heterocycles. The number of rotatable bonds is 3. The van der Waals surface area contributed by atoms with Crippen molar-refractivity contribution >= 4 is 0 Å². The van der Waals surface area contributed by atoms with Crippen LogP contribution in [-0.4, -0.2) is 48.0 Å². The topological polar surface area (TPSA) is 32.7 Å². The lowest BCUT2D eigenvalue weighted by molar-refractivity contribution is -0.0827. The SMILES string of the molecule is CC(C)(C)OC1CCN(CCO)CC1. The van der Waals surface area contributed by atoms with Crippen molar-refractivity contribution < 1.29 is 9.84 Å². The van der Waals surface area contributed by atoms with Crippen LogP contribution in [0.1, 0.15) is 33.6 Å². The number of β-amino-alcohol motifs (C(OH)–C–C–N with tert-alkyl or cyclic N) is 1. The first-order valence-electron chi connectivity index (χ1n) is 5.52. The Hall–Kier alpha value is -0.120. The highest BCUT2D eigenvalue weighted by atomic mass is 16.5. The van der Waals surface area contributed by atoms with Crippen LogP contribution in [0.15, 0.2) is 0 Å². The van der Waals surface area contributed by atoms with Crippen LogP contribution in [-0.2, 0) is 4.74 Å². The maximum Gasteiger partial charge on any atom is 0.0606 e. The van der Waals surface area contributed by atoms with Gasteiger partial charge in [0, 0.05) is 19.6 Å².